The SMILES string of the molecule is Cn1nccc1CNC(=O)N1CCc2sccc2C1. The zero-order valence-corrected chi connectivity index (χ0v) is 11.6. The number of fused-ring (bicyclic) bond motifs is 1. The number of nitrogens with one attached hydrogen (secondary N) is 1. The molecule has 0 aliphatic carbocycles. The number of urea groups is 1. The van der Waals surface area contributed by atoms with E-state index >= 15 is 0 Å². The normalized spacial score (nSPS) is 14.3. The van der Waals surface area contributed by atoms with Gasteiger partial charge in [-0.3, -0.25) is 4.68 Å². The molecular weight excluding hydrogens is 260 g/mol. The predicted octanol–water partition coefficient (Wildman–Crippen LogP) is 1.75. The van der Waals surface area contributed by atoms with E-state index in [2.05, 4.69) is 21.9 Å². The first kappa shape index (κ1) is 12.2. The maximum absolute atomic E-state index is 12.1. The highest BCUT2D eigenvalue weighted by Crippen LogP contribution is 2.23. The van der Waals surface area contributed by atoms with Crippen LogP contribution < -0.4 is 5.32 Å². The van der Waals surface area contributed by atoms with E-state index < -0.39 is 0 Å². The quantitative estimate of drug-likeness (QED) is 0.908. The van der Waals surface area contributed by atoms with Crippen LogP contribution in [0.25, 0.3) is 0 Å². The van der Waals surface area contributed by atoms with Gasteiger partial charge in [0.1, 0.15) is 0 Å². The molecule has 0 spiro atoms. The molecule has 3 heterocycles. The van der Waals surface area contributed by atoms with Crippen molar-refractivity contribution in [2.45, 2.75) is 19.5 Å². The fraction of sp³-hybridized carbons (Fsp3) is 0.385. The molecular formula is C13H16N4OS. The van der Waals surface area contributed by atoms with Crippen molar-refractivity contribution in [3.63, 3.8) is 0 Å². The topological polar surface area (TPSA) is 50.2 Å². The fourth-order valence-electron chi connectivity index (χ4n) is 2.27. The Bertz CT molecular complexity index is 589. The van der Waals surface area contributed by atoms with E-state index in [-0.39, 0.29) is 6.03 Å². The van der Waals surface area contributed by atoms with Crippen LogP contribution in [-0.2, 0) is 26.6 Å². The number of nitrogens with zero attached hydrogens (tertiary/aromatic N) is 3. The minimum Gasteiger partial charge on any atom is -0.332 e. The zero-order chi connectivity index (χ0) is 13.2. The molecule has 0 fully saturated rings. The largest absolute Gasteiger partial charge is 0.332 e. The number of carbonyl (C=O) groups is 1. The second kappa shape index (κ2) is 5.05. The molecule has 0 bridgehead atoms. The van der Waals surface area contributed by atoms with Crippen LogP contribution in [0.3, 0.4) is 0 Å². The molecule has 5 nitrogen and oxygen atoms in total. The summed E-state index contributed by atoms with van der Waals surface area (Å²) in [6.07, 6.45) is 2.70. The van der Waals surface area contributed by atoms with Gasteiger partial charge in [0.2, 0.25) is 0 Å². The zero-order valence-electron chi connectivity index (χ0n) is 10.8. The number of thiophene rings is 1. The summed E-state index contributed by atoms with van der Waals surface area (Å²) >= 11 is 1.78. The van der Waals surface area contributed by atoms with Gasteiger partial charge in [-0.05, 0) is 29.5 Å². The summed E-state index contributed by atoms with van der Waals surface area (Å²) in [5.41, 5.74) is 2.29. The summed E-state index contributed by atoms with van der Waals surface area (Å²) in [7, 11) is 1.88. The van der Waals surface area contributed by atoms with Gasteiger partial charge < -0.3 is 10.2 Å². The van der Waals surface area contributed by atoms with Crippen molar-refractivity contribution in [3.05, 3.63) is 39.8 Å². The van der Waals surface area contributed by atoms with Gasteiger partial charge in [-0.2, -0.15) is 5.10 Å². The lowest BCUT2D eigenvalue weighted by Crippen LogP contribution is -2.42. The predicted molar refractivity (Wildman–Crippen MR) is 73.9 cm³/mol. The van der Waals surface area contributed by atoms with Gasteiger partial charge in [0.25, 0.3) is 0 Å². The number of aromatic nitrogens is 2. The summed E-state index contributed by atoms with van der Waals surface area (Å²) < 4.78 is 1.77. The van der Waals surface area contributed by atoms with Crippen molar-refractivity contribution in [3.8, 4) is 0 Å². The Labute approximate surface area is 115 Å². The van der Waals surface area contributed by atoms with Crippen LogP contribution in [0.2, 0.25) is 0 Å². The second-order valence-electron chi connectivity index (χ2n) is 4.65. The van der Waals surface area contributed by atoms with Gasteiger partial charge in [-0.15, -0.1) is 11.3 Å². The van der Waals surface area contributed by atoms with Gasteiger partial charge in [-0.25, -0.2) is 4.79 Å². The third-order valence-corrected chi connectivity index (χ3v) is 4.46. The molecule has 1 aliphatic heterocycles. The number of hydrogen-bond donors (Lipinski definition) is 1. The van der Waals surface area contributed by atoms with Gasteiger partial charge in [0.05, 0.1) is 12.2 Å². The van der Waals surface area contributed by atoms with Crippen molar-refractivity contribution in [2.75, 3.05) is 6.54 Å². The number of hydrogen-bond acceptors (Lipinski definition) is 3. The highest BCUT2D eigenvalue weighted by atomic mass is 32.1. The van der Waals surface area contributed by atoms with Crippen LogP contribution in [0.5, 0.6) is 0 Å². The third kappa shape index (κ3) is 2.49. The Morgan fingerprint density at radius 2 is 2.42 bits per heavy atom. The first-order valence-corrected chi connectivity index (χ1v) is 7.17. The van der Waals surface area contributed by atoms with Gasteiger partial charge in [0, 0.05) is 31.2 Å². The molecule has 3 rings (SSSR count). The van der Waals surface area contributed by atoms with Crippen molar-refractivity contribution >= 4 is 17.4 Å². The van der Waals surface area contributed by atoms with E-state index in [0.717, 1.165) is 25.2 Å². The number of aryl methyl sites for hydroxylation is 1. The van der Waals surface area contributed by atoms with Gasteiger partial charge >= 0.3 is 6.03 Å². The van der Waals surface area contributed by atoms with E-state index in [1.807, 2.05) is 18.0 Å². The van der Waals surface area contributed by atoms with E-state index in [1.54, 1.807) is 22.2 Å². The van der Waals surface area contributed by atoms with E-state index in [4.69, 9.17) is 0 Å². The van der Waals surface area contributed by atoms with Gasteiger partial charge in [-0.1, -0.05) is 0 Å². The number of amides is 2. The maximum Gasteiger partial charge on any atom is 0.318 e. The van der Waals surface area contributed by atoms with Crippen molar-refractivity contribution in [1.82, 2.24) is 20.0 Å². The molecule has 0 saturated heterocycles. The first-order chi connectivity index (χ1) is 9.24. The maximum atomic E-state index is 12.1. The Morgan fingerprint density at radius 1 is 1.53 bits per heavy atom. The molecule has 1 N–H and O–H groups in total. The first-order valence-electron chi connectivity index (χ1n) is 6.29. The molecule has 1 aliphatic rings. The Kier molecular flexibility index (Phi) is 3.25. The lowest BCUT2D eigenvalue weighted by Gasteiger charge is -2.27. The summed E-state index contributed by atoms with van der Waals surface area (Å²) in [6, 6.07) is 4.02. The molecule has 0 saturated carbocycles. The standard InChI is InChI=1S/C13H16N4OS/c1-16-11(2-5-15-16)8-14-13(18)17-6-3-12-10(9-17)4-7-19-12/h2,4-5,7H,3,6,8-9H2,1H3,(H,14,18). The summed E-state index contributed by atoms with van der Waals surface area (Å²) in [5, 5.41) is 9.13. The lowest BCUT2D eigenvalue weighted by molar-refractivity contribution is 0.192. The average Bonchev–Trinajstić information content (AvgIpc) is 3.03. The van der Waals surface area contributed by atoms with Crippen molar-refractivity contribution in [1.29, 1.82) is 0 Å². The molecule has 0 aromatic carbocycles. The van der Waals surface area contributed by atoms with Crippen LogP contribution in [-0.4, -0.2) is 27.3 Å². The Morgan fingerprint density at radius 3 is 3.21 bits per heavy atom. The van der Waals surface area contributed by atoms with Gasteiger partial charge in [0.15, 0.2) is 0 Å². The molecule has 0 radical (unpaired) electrons. The van der Waals surface area contributed by atoms with Crippen LogP contribution in [0.15, 0.2) is 23.7 Å². The summed E-state index contributed by atoms with van der Waals surface area (Å²) in [5.74, 6) is 0. The van der Waals surface area contributed by atoms with Crippen LogP contribution in [0.1, 0.15) is 16.1 Å². The van der Waals surface area contributed by atoms with E-state index in [0.29, 0.717) is 6.54 Å². The molecule has 2 aromatic rings. The fourth-order valence-corrected chi connectivity index (χ4v) is 3.16. The molecule has 0 atom stereocenters. The Balaban J connectivity index is 1.58. The minimum absolute atomic E-state index is 0.00181. The third-order valence-electron chi connectivity index (χ3n) is 3.44. The van der Waals surface area contributed by atoms with Crippen LogP contribution in [0.4, 0.5) is 4.79 Å². The second-order valence-corrected chi connectivity index (χ2v) is 5.65. The van der Waals surface area contributed by atoms with Crippen LogP contribution in [0, 0.1) is 0 Å². The molecule has 2 amide bonds. The molecule has 6 heteroatoms. The monoisotopic (exact) mass is 276 g/mol. The minimum atomic E-state index is -0.00181. The lowest BCUT2D eigenvalue weighted by atomic mass is 10.1. The smallest absolute Gasteiger partial charge is 0.318 e. The Hall–Kier alpha value is -1.82. The van der Waals surface area contributed by atoms with Crippen molar-refractivity contribution in [2.24, 2.45) is 7.05 Å². The van der Waals surface area contributed by atoms with E-state index in [1.165, 1.54) is 10.4 Å². The highest BCUT2D eigenvalue weighted by molar-refractivity contribution is 7.10. The molecule has 100 valence electrons. The summed E-state index contributed by atoms with van der Waals surface area (Å²) in [4.78, 5) is 15.4. The summed E-state index contributed by atoms with van der Waals surface area (Å²) in [6.45, 7) is 2.03. The molecule has 0 unspecified atom stereocenters. The number of carbonyl (C=O) groups excluding carboxylic acids is 1. The van der Waals surface area contributed by atoms with E-state index in [9.17, 15) is 4.79 Å². The average molecular weight is 276 g/mol. The molecule has 19 heavy (non-hydrogen) atoms. The number of rotatable bonds is 2. The highest BCUT2D eigenvalue weighted by Gasteiger charge is 2.21. The van der Waals surface area contributed by atoms with Crippen molar-refractivity contribution < 1.29 is 4.79 Å². The molecule has 2 aromatic heterocycles. The van der Waals surface area contributed by atoms with Crippen LogP contribution >= 0.6 is 11.3 Å².